The van der Waals surface area contributed by atoms with Crippen LogP contribution in [0.1, 0.15) is 24.8 Å². The molecule has 0 spiro atoms. The van der Waals surface area contributed by atoms with Crippen LogP contribution >= 0.6 is 23.1 Å². The van der Waals surface area contributed by atoms with E-state index in [1.165, 1.54) is 64.1 Å². The average Bonchev–Trinajstić information content (AvgIpc) is 3.11. The van der Waals surface area contributed by atoms with Crippen LogP contribution in [0.25, 0.3) is 0 Å². The zero-order chi connectivity index (χ0) is 16.2. The Morgan fingerprint density at radius 3 is 2.67 bits per heavy atom. The van der Waals surface area contributed by atoms with Crippen molar-refractivity contribution in [2.75, 3.05) is 37.6 Å². The zero-order valence-electron chi connectivity index (χ0n) is 14.2. The standard InChI is InChI=1S/C20H26N2S2/c1-2-5-18(6-3-1)22-14-12-21(13-15-22)11-4-7-19-9-8-17-10-16-23-20(17)24-19/h1-3,5-6,10,16,19H,4,7-9,11-15H2. The van der Waals surface area contributed by atoms with Gasteiger partial charge >= 0.3 is 0 Å². The van der Waals surface area contributed by atoms with Crippen LogP contribution in [0, 0.1) is 0 Å². The minimum absolute atomic E-state index is 0.849. The molecule has 24 heavy (non-hydrogen) atoms. The minimum Gasteiger partial charge on any atom is -0.369 e. The van der Waals surface area contributed by atoms with Gasteiger partial charge in [-0.3, -0.25) is 4.90 Å². The minimum atomic E-state index is 0.849. The second kappa shape index (κ2) is 7.94. The number of piperazine rings is 1. The van der Waals surface area contributed by atoms with Crippen LogP contribution in [0.15, 0.2) is 46.0 Å². The first-order chi connectivity index (χ1) is 11.9. The second-order valence-corrected chi connectivity index (χ2v) is 9.30. The van der Waals surface area contributed by atoms with E-state index in [0.29, 0.717) is 0 Å². The lowest BCUT2D eigenvalue weighted by molar-refractivity contribution is 0.252. The fourth-order valence-electron chi connectivity index (χ4n) is 3.75. The Morgan fingerprint density at radius 1 is 1.00 bits per heavy atom. The van der Waals surface area contributed by atoms with Crippen molar-refractivity contribution in [3.05, 3.63) is 47.3 Å². The highest BCUT2D eigenvalue weighted by Gasteiger charge is 2.21. The summed E-state index contributed by atoms with van der Waals surface area (Å²) in [6, 6.07) is 13.2. The van der Waals surface area contributed by atoms with Crippen LogP contribution in [-0.2, 0) is 6.42 Å². The molecule has 2 aliphatic heterocycles. The molecule has 1 saturated heterocycles. The molecule has 4 rings (SSSR count). The Balaban J connectivity index is 1.17. The SMILES string of the molecule is c1ccc(N2CCN(CCCC3CCc4ccsc4S3)CC2)cc1. The predicted molar refractivity (Wildman–Crippen MR) is 107 cm³/mol. The Labute approximate surface area is 153 Å². The van der Waals surface area contributed by atoms with Gasteiger partial charge in [0.15, 0.2) is 0 Å². The molecule has 1 aromatic heterocycles. The van der Waals surface area contributed by atoms with Gasteiger partial charge in [0.1, 0.15) is 0 Å². The second-order valence-electron chi connectivity index (χ2n) is 6.82. The summed E-state index contributed by atoms with van der Waals surface area (Å²) in [5, 5.41) is 3.11. The molecule has 0 radical (unpaired) electrons. The summed E-state index contributed by atoms with van der Waals surface area (Å²) in [6.07, 6.45) is 5.40. The van der Waals surface area contributed by atoms with E-state index in [4.69, 9.17) is 0 Å². The van der Waals surface area contributed by atoms with Gasteiger partial charge < -0.3 is 4.90 Å². The normalized spacial score (nSPS) is 21.7. The predicted octanol–water partition coefficient (Wildman–Crippen LogP) is 4.76. The van der Waals surface area contributed by atoms with Gasteiger partial charge in [0, 0.05) is 37.1 Å². The maximum absolute atomic E-state index is 2.66. The highest BCUT2D eigenvalue weighted by atomic mass is 32.2. The zero-order valence-corrected chi connectivity index (χ0v) is 15.8. The van der Waals surface area contributed by atoms with E-state index in [2.05, 4.69) is 63.3 Å². The van der Waals surface area contributed by atoms with Crippen molar-refractivity contribution >= 4 is 28.8 Å². The van der Waals surface area contributed by atoms with Gasteiger partial charge in [-0.1, -0.05) is 18.2 Å². The van der Waals surface area contributed by atoms with Crippen molar-refractivity contribution < 1.29 is 0 Å². The average molecular weight is 359 g/mol. The first-order valence-electron chi connectivity index (χ1n) is 9.14. The van der Waals surface area contributed by atoms with E-state index >= 15 is 0 Å². The van der Waals surface area contributed by atoms with Gasteiger partial charge in [-0.05, 0) is 61.4 Å². The monoisotopic (exact) mass is 358 g/mol. The van der Waals surface area contributed by atoms with E-state index in [-0.39, 0.29) is 0 Å². The fourth-order valence-corrected chi connectivity index (χ4v) is 6.37. The molecule has 3 heterocycles. The molecule has 2 aromatic rings. The molecule has 1 atom stereocenters. The fraction of sp³-hybridized carbons (Fsp3) is 0.500. The summed E-state index contributed by atoms with van der Waals surface area (Å²) in [6.45, 7) is 6.03. The Hall–Kier alpha value is -0.970. The first-order valence-corrected chi connectivity index (χ1v) is 10.9. The largest absolute Gasteiger partial charge is 0.369 e. The molecule has 1 fully saturated rings. The van der Waals surface area contributed by atoms with Crippen LogP contribution in [0.4, 0.5) is 5.69 Å². The molecule has 128 valence electrons. The molecule has 4 heteroatoms. The van der Waals surface area contributed by atoms with E-state index in [9.17, 15) is 0 Å². The summed E-state index contributed by atoms with van der Waals surface area (Å²) in [5.74, 6) is 0. The van der Waals surface area contributed by atoms with Crippen LogP contribution in [0.3, 0.4) is 0 Å². The number of hydrogen-bond donors (Lipinski definition) is 0. The van der Waals surface area contributed by atoms with Gasteiger partial charge in [-0.25, -0.2) is 0 Å². The maximum atomic E-state index is 2.66. The number of para-hydroxylation sites is 1. The lowest BCUT2D eigenvalue weighted by atomic mass is 10.1. The molecule has 1 unspecified atom stereocenters. The molecule has 2 aliphatic rings. The van der Waals surface area contributed by atoms with Gasteiger partial charge in [0.2, 0.25) is 0 Å². The summed E-state index contributed by atoms with van der Waals surface area (Å²) >= 11 is 4.08. The van der Waals surface area contributed by atoms with E-state index in [1.807, 2.05) is 11.3 Å². The van der Waals surface area contributed by atoms with Crippen LogP contribution in [-0.4, -0.2) is 42.9 Å². The van der Waals surface area contributed by atoms with Crippen molar-refractivity contribution in [3.8, 4) is 0 Å². The van der Waals surface area contributed by atoms with Gasteiger partial charge in [0.05, 0.1) is 4.21 Å². The smallest absolute Gasteiger partial charge is 0.0633 e. The quantitative estimate of drug-likeness (QED) is 0.761. The van der Waals surface area contributed by atoms with Gasteiger partial charge in [-0.15, -0.1) is 23.1 Å². The molecular weight excluding hydrogens is 332 g/mol. The van der Waals surface area contributed by atoms with Crippen molar-refractivity contribution in [2.45, 2.75) is 35.1 Å². The van der Waals surface area contributed by atoms with Gasteiger partial charge in [0.25, 0.3) is 0 Å². The molecule has 1 aromatic carbocycles. The Morgan fingerprint density at radius 2 is 1.83 bits per heavy atom. The molecule has 0 N–H and O–H groups in total. The number of fused-ring (bicyclic) bond motifs is 1. The third-order valence-corrected chi connectivity index (χ3v) is 7.82. The highest BCUT2D eigenvalue weighted by Crippen LogP contribution is 2.40. The first kappa shape index (κ1) is 16.5. The lowest BCUT2D eigenvalue weighted by Gasteiger charge is -2.36. The van der Waals surface area contributed by atoms with E-state index in [0.717, 1.165) is 5.25 Å². The van der Waals surface area contributed by atoms with Crippen molar-refractivity contribution in [2.24, 2.45) is 0 Å². The highest BCUT2D eigenvalue weighted by molar-refractivity contribution is 8.01. The molecule has 0 amide bonds. The molecule has 0 saturated carbocycles. The maximum Gasteiger partial charge on any atom is 0.0633 e. The molecule has 2 nitrogen and oxygen atoms in total. The van der Waals surface area contributed by atoms with Crippen LogP contribution < -0.4 is 4.90 Å². The summed E-state index contributed by atoms with van der Waals surface area (Å²) in [4.78, 5) is 5.18. The number of hydrogen-bond acceptors (Lipinski definition) is 4. The number of anilines is 1. The van der Waals surface area contributed by atoms with Crippen molar-refractivity contribution in [1.29, 1.82) is 0 Å². The third kappa shape index (κ3) is 3.98. The van der Waals surface area contributed by atoms with Crippen molar-refractivity contribution in [3.63, 3.8) is 0 Å². The summed E-state index contributed by atoms with van der Waals surface area (Å²) < 4.78 is 1.59. The van der Waals surface area contributed by atoms with Crippen molar-refractivity contribution in [1.82, 2.24) is 4.90 Å². The number of thioether (sulfide) groups is 1. The number of nitrogens with zero attached hydrogens (tertiary/aromatic N) is 2. The number of rotatable bonds is 5. The molecule has 0 bridgehead atoms. The van der Waals surface area contributed by atoms with Crippen LogP contribution in [0.2, 0.25) is 0 Å². The third-order valence-electron chi connectivity index (χ3n) is 5.21. The van der Waals surface area contributed by atoms with Gasteiger partial charge in [-0.2, -0.15) is 0 Å². The van der Waals surface area contributed by atoms with E-state index in [1.54, 1.807) is 9.77 Å². The number of benzene rings is 1. The molecule has 0 aliphatic carbocycles. The topological polar surface area (TPSA) is 6.48 Å². The Kier molecular flexibility index (Phi) is 5.46. The number of thiophene rings is 1. The number of aryl methyl sites for hydroxylation is 1. The lowest BCUT2D eigenvalue weighted by Crippen LogP contribution is -2.46. The molecular formula is C20H26N2S2. The van der Waals surface area contributed by atoms with Crippen LogP contribution in [0.5, 0.6) is 0 Å². The summed E-state index contributed by atoms with van der Waals surface area (Å²) in [5.41, 5.74) is 2.97. The summed E-state index contributed by atoms with van der Waals surface area (Å²) in [7, 11) is 0. The van der Waals surface area contributed by atoms with E-state index < -0.39 is 0 Å². The Bertz CT molecular complexity index is 632.